The van der Waals surface area contributed by atoms with E-state index in [9.17, 15) is 0 Å². The van der Waals surface area contributed by atoms with Crippen LogP contribution in [0.5, 0.6) is 0 Å². The predicted molar refractivity (Wildman–Crippen MR) is 64.8 cm³/mol. The molecule has 1 heterocycles. The van der Waals surface area contributed by atoms with Crippen LogP contribution < -0.4 is 5.73 Å². The smallest absolute Gasteiger partial charge is 0.0297 e. The zero-order valence-corrected chi connectivity index (χ0v) is 10.1. The number of hydrogen-bond donors (Lipinski definition) is 1. The monoisotopic (exact) mass is 210 g/mol. The van der Waals surface area contributed by atoms with Gasteiger partial charge in [0.1, 0.15) is 0 Å². The third-order valence-corrected chi connectivity index (χ3v) is 4.21. The van der Waals surface area contributed by atoms with Gasteiger partial charge in [0.2, 0.25) is 0 Å². The fourth-order valence-corrected chi connectivity index (χ4v) is 3.27. The van der Waals surface area contributed by atoms with Gasteiger partial charge in [0, 0.05) is 25.2 Å². The van der Waals surface area contributed by atoms with Crippen molar-refractivity contribution >= 4 is 0 Å². The first kappa shape index (κ1) is 11.4. The molecule has 0 aromatic carbocycles. The Bertz CT molecular complexity index is 187. The lowest BCUT2D eigenvalue weighted by atomic mass is 9.95. The summed E-state index contributed by atoms with van der Waals surface area (Å²) in [5, 5.41) is 0. The summed E-state index contributed by atoms with van der Waals surface area (Å²) in [6.07, 6.45) is 10.1. The highest BCUT2D eigenvalue weighted by molar-refractivity contribution is 4.89. The van der Waals surface area contributed by atoms with Crippen molar-refractivity contribution in [2.75, 3.05) is 13.1 Å². The maximum Gasteiger partial charge on any atom is 0.0297 e. The van der Waals surface area contributed by atoms with Crippen molar-refractivity contribution in [2.45, 2.75) is 64.0 Å². The van der Waals surface area contributed by atoms with E-state index < -0.39 is 0 Å². The minimum atomic E-state index is 0.472. The normalized spacial score (nSPS) is 34.8. The Balaban J connectivity index is 1.74. The highest BCUT2D eigenvalue weighted by Crippen LogP contribution is 2.30. The summed E-state index contributed by atoms with van der Waals surface area (Å²) in [6.45, 7) is 4.63. The highest BCUT2D eigenvalue weighted by Gasteiger charge is 2.31. The SMILES string of the molecule is CCCC1CCCC(N2CC(N)C2)CC1. The van der Waals surface area contributed by atoms with E-state index in [2.05, 4.69) is 11.8 Å². The van der Waals surface area contributed by atoms with Gasteiger partial charge in [-0.15, -0.1) is 0 Å². The molecule has 2 atom stereocenters. The molecule has 0 spiro atoms. The number of likely N-dealkylation sites (tertiary alicyclic amines) is 1. The minimum Gasteiger partial charge on any atom is -0.325 e. The molecule has 2 rings (SSSR count). The van der Waals surface area contributed by atoms with Crippen LogP contribution in [0.4, 0.5) is 0 Å². The largest absolute Gasteiger partial charge is 0.325 e. The molecule has 0 aromatic heterocycles. The molecule has 0 bridgehead atoms. The van der Waals surface area contributed by atoms with Crippen LogP contribution in [0.15, 0.2) is 0 Å². The molecule has 88 valence electrons. The van der Waals surface area contributed by atoms with E-state index in [0.29, 0.717) is 6.04 Å². The summed E-state index contributed by atoms with van der Waals surface area (Å²) in [4.78, 5) is 2.61. The van der Waals surface area contributed by atoms with Gasteiger partial charge in [0.05, 0.1) is 0 Å². The van der Waals surface area contributed by atoms with Crippen LogP contribution in [-0.2, 0) is 0 Å². The molecule has 0 amide bonds. The lowest BCUT2D eigenvalue weighted by Crippen LogP contribution is -2.59. The molecule has 2 aliphatic rings. The van der Waals surface area contributed by atoms with Gasteiger partial charge in [-0.2, -0.15) is 0 Å². The van der Waals surface area contributed by atoms with Crippen molar-refractivity contribution in [3.05, 3.63) is 0 Å². The standard InChI is InChI=1S/C13H26N2/c1-2-4-11-5-3-6-13(8-7-11)15-9-12(14)10-15/h11-13H,2-10,14H2,1H3. The van der Waals surface area contributed by atoms with E-state index in [4.69, 9.17) is 5.73 Å². The van der Waals surface area contributed by atoms with Crippen molar-refractivity contribution in [3.8, 4) is 0 Å². The van der Waals surface area contributed by atoms with E-state index in [-0.39, 0.29) is 0 Å². The molecular formula is C13H26N2. The van der Waals surface area contributed by atoms with E-state index in [1.165, 1.54) is 44.9 Å². The van der Waals surface area contributed by atoms with Gasteiger partial charge in [0.25, 0.3) is 0 Å². The summed E-state index contributed by atoms with van der Waals surface area (Å²) in [5.41, 5.74) is 5.85. The second kappa shape index (κ2) is 5.31. The number of nitrogens with zero attached hydrogens (tertiary/aromatic N) is 1. The molecule has 15 heavy (non-hydrogen) atoms. The summed E-state index contributed by atoms with van der Waals surface area (Å²) in [5.74, 6) is 1.02. The fraction of sp³-hybridized carbons (Fsp3) is 1.00. The maximum atomic E-state index is 5.85. The lowest BCUT2D eigenvalue weighted by molar-refractivity contribution is 0.0839. The molecule has 2 nitrogen and oxygen atoms in total. The Kier molecular flexibility index (Phi) is 4.04. The van der Waals surface area contributed by atoms with Gasteiger partial charge in [-0.05, 0) is 25.2 Å². The molecule has 2 heteroatoms. The van der Waals surface area contributed by atoms with Gasteiger partial charge in [-0.3, -0.25) is 4.90 Å². The van der Waals surface area contributed by atoms with Crippen molar-refractivity contribution in [1.82, 2.24) is 4.90 Å². The molecule has 0 aromatic rings. The van der Waals surface area contributed by atoms with Crippen LogP contribution >= 0.6 is 0 Å². The number of nitrogens with two attached hydrogens (primary N) is 1. The third kappa shape index (κ3) is 2.94. The van der Waals surface area contributed by atoms with Crippen LogP contribution in [-0.4, -0.2) is 30.1 Å². The first-order valence-electron chi connectivity index (χ1n) is 6.79. The summed E-state index contributed by atoms with van der Waals surface area (Å²) >= 11 is 0. The zero-order chi connectivity index (χ0) is 10.7. The first-order chi connectivity index (χ1) is 7.29. The molecule has 2 fully saturated rings. The van der Waals surface area contributed by atoms with Crippen molar-refractivity contribution < 1.29 is 0 Å². The zero-order valence-electron chi connectivity index (χ0n) is 10.1. The van der Waals surface area contributed by atoms with Crippen LogP contribution in [0.3, 0.4) is 0 Å². The molecular weight excluding hydrogens is 184 g/mol. The van der Waals surface area contributed by atoms with Crippen LogP contribution in [0.25, 0.3) is 0 Å². The molecule has 2 unspecified atom stereocenters. The summed E-state index contributed by atoms with van der Waals surface area (Å²) < 4.78 is 0. The molecule has 1 aliphatic carbocycles. The Morgan fingerprint density at radius 3 is 2.60 bits per heavy atom. The molecule has 1 saturated heterocycles. The second-order valence-corrected chi connectivity index (χ2v) is 5.53. The number of hydrogen-bond acceptors (Lipinski definition) is 2. The molecule has 1 saturated carbocycles. The second-order valence-electron chi connectivity index (χ2n) is 5.53. The summed E-state index contributed by atoms with van der Waals surface area (Å²) in [6, 6.07) is 1.34. The average molecular weight is 210 g/mol. The predicted octanol–water partition coefficient (Wildman–Crippen LogP) is 2.38. The Labute approximate surface area is 94.2 Å². The summed E-state index contributed by atoms with van der Waals surface area (Å²) in [7, 11) is 0. The Hall–Kier alpha value is -0.0800. The van der Waals surface area contributed by atoms with Gasteiger partial charge >= 0.3 is 0 Å². The highest BCUT2D eigenvalue weighted by atomic mass is 15.2. The fourth-order valence-electron chi connectivity index (χ4n) is 3.27. The van der Waals surface area contributed by atoms with Crippen LogP contribution in [0.2, 0.25) is 0 Å². The van der Waals surface area contributed by atoms with Crippen molar-refractivity contribution in [3.63, 3.8) is 0 Å². The lowest BCUT2D eigenvalue weighted by Gasteiger charge is -2.42. The van der Waals surface area contributed by atoms with Crippen molar-refractivity contribution in [1.29, 1.82) is 0 Å². The van der Waals surface area contributed by atoms with Crippen LogP contribution in [0.1, 0.15) is 51.9 Å². The van der Waals surface area contributed by atoms with E-state index in [1.54, 1.807) is 0 Å². The van der Waals surface area contributed by atoms with E-state index in [0.717, 1.165) is 25.0 Å². The third-order valence-electron chi connectivity index (χ3n) is 4.21. The Morgan fingerprint density at radius 1 is 1.13 bits per heavy atom. The quantitative estimate of drug-likeness (QED) is 0.725. The molecule has 2 N–H and O–H groups in total. The Morgan fingerprint density at radius 2 is 1.93 bits per heavy atom. The topological polar surface area (TPSA) is 29.3 Å². The van der Waals surface area contributed by atoms with Gasteiger partial charge in [-0.1, -0.05) is 32.6 Å². The van der Waals surface area contributed by atoms with Gasteiger partial charge < -0.3 is 5.73 Å². The first-order valence-corrected chi connectivity index (χ1v) is 6.79. The number of rotatable bonds is 3. The van der Waals surface area contributed by atoms with Gasteiger partial charge in [-0.25, -0.2) is 0 Å². The van der Waals surface area contributed by atoms with E-state index in [1.807, 2.05) is 0 Å². The average Bonchev–Trinajstić information content (AvgIpc) is 2.39. The van der Waals surface area contributed by atoms with Gasteiger partial charge in [0.15, 0.2) is 0 Å². The minimum absolute atomic E-state index is 0.472. The van der Waals surface area contributed by atoms with E-state index >= 15 is 0 Å². The molecule has 1 aliphatic heterocycles. The maximum absolute atomic E-state index is 5.85. The molecule has 0 radical (unpaired) electrons. The van der Waals surface area contributed by atoms with Crippen LogP contribution in [0, 0.1) is 5.92 Å². The van der Waals surface area contributed by atoms with Crippen molar-refractivity contribution in [2.24, 2.45) is 11.7 Å².